The average molecular weight is 419 g/mol. The molecule has 5 nitrogen and oxygen atoms in total. The van der Waals surface area contributed by atoms with Crippen molar-refractivity contribution >= 4 is 51.8 Å². The van der Waals surface area contributed by atoms with Gasteiger partial charge in [-0.15, -0.1) is 22.7 Å². The predicted molar refractivity (Wildman–Crippen MR) is 112 cm³/mol. The summed E-state index contributed by atoms with van der Waals surface area (Å²) in [6, 6.07) is 9.31. The van der Waals surface area contributed by atoms with Gasteiger partial charge >= 0.3 is 0 Å². The molecule has 2 heterocycles. The van der Waals surface area contributed by atoms with E-state index in [4.69, 9.17) is 4.74 Å². The lowest BCUT2D eigenvalue weighted by Gasteiger charge is -2.10. The number of rotatable bonds is 8. The number of carbonyl (C=O) groups excluding carboxylic acids is 2. The number of thioether (sulfide) groups is 1. The van der Waals surface area contributed by atoms with Crippen molar-refractivity contribution < 1.29 is 14.3 Å². The molecule has 0 radical (unpaired) electrons. The highest BCUT2D eigenvalue weighted by Crippen LogP contribution is 2.27. The standard InChI is InChI=1S/C19H18N2O3S3/c1-12-5-6-16(24-2)14(8-12)21-18(23)9-13-10-26-19(20-13)27-11-15(22)17-4-3-7-25-17/h3-8,10H,9,11H2,1-2H3,(H,21,23). The lowest BCUT2D eigenvalue weighted by atomic mass is 10.2. The molecule has 0 fully saturated rings. The zero-order valence-corrected chi connectivity index (χ0v) is 17.3. The zero-order chi connectivity index (χ0) is 19.2. The maximum atomic E-state index is 12.3. The second-order valence-electron chi connectivity index (χ2n) is 5.72. The predicted octanol–water partition coefficient (Wildman–Crippen LogP) is 4.68. The molecule has 2 aromatic heterocycles. The first-order valence-corrected chi connectivity index (χ1v) is 10.9. The molecule has 1 amide bonds. The van der Waals surface area contributed by atoms with Crippen LogP contribution in [-0.2, 0) is 11.2 Å². The van der Waals surface area contributed by atoms with Gasteiger partial charge in [-0.1, -0.05) is 23.9 Å². The molecule has 1 aromatic carbocycles. The first-order valence-electron chi connectivity index (χ1n) is 8.13. The maximum absolute atomic E-state index is 12.3. The normalized spacial score (nSPS) is 10.6. The van der Waals surface area contributed by atoms with Crippen molar-refractivity contribution in [3.8, 4) is 5.75 Å². The van der Waals surface area contributed by atoms with Crippen LogP contribution in [0.5, 0.6) is 5.75 Å². The van der Waals surface area contributed by atoms with E-state index in [1.54, 1.807) is 7.11 Å². The Morgan fingerprint density at radius 2 is 2.11 bits per heavy atom. The fourth-order valence-electron chi connectivity index (χ4n) is 2.35. The summed E-state index contributed by atoms with van der Waals surface area (Å²) in [5, 5.41) is 6.61. The number of hydrogen-bond acceptors (Lipinski definition) is 7. The van der Waals surface area contributed by atoms with Crippen molar-refractivity contribution in [1.82, 2.24) is 4.98 Å². The molecule has 3 aromatic rings. The van der Waals surface area contributed by atoms with Crippen molar-refractivity contribution in [1.29, 1.82) is 0 Å². The van der Waals surface area contributed by atoms with Gasteiger partial charge in [-0.05, 0) is 36.1 Å². The molecule has 0 aliphatic heterocycles. The number of amides is 1. The van der Waals surface area contributed by atoms with Crippen LogP contribution in [0.2, 0.25) is 0 Å². The molecule has 0 saturated carbocycles. The fraction of sp³-hybridized carbons (Fsp3) is 0.211. The largest absolute Gasteiger partial charge is 0.495 e. The van der Waals surface area contributed by atoms with E-state index < -0.39 is 0 Å². The van der Waals surface area contributed by atoms with E-state index in [1.165, 1.54) is 34.4 Å². The Morgan fingerprint density at radius 3 is 2.85 bits per heavy atom. The van der Waals surface area contributed by atoms with E-state index >= 15 is 0 Å². The van der Waals surface area contributed by atoms with Gasteiger partial charge in [0.2, 0.25) is 5.91 Å². The van der Waals surface area contributed by atoms with Gasteiger partial charge in [0.05, 0.1) is 35.5 Å². The van der Waals surface area contributed by atoms with Crippen LogP contribution in [0.15, 0.2) is 45.4 Å². The zero-order valence-electron chi connectivity index (χ0n) is 14.9. The van der Waals surface area contributed by atoms with E-state index in [9.17, 15) is 9.59 Å². The molecule has 0 aliphatic carbocycles. The molecular formula is C19H18N2O3S3. The Labute approximate surface area is 169 Å². The second kappa shape index (κ2) is 9.16. The highest BCUT2D eigenvalue weighted by Gasteiger charge is 2.13. The summed E-state index contributed by atoms with van der Waals surface area (Å²) in [6.45, 7) is 1.95. The lowest BCUT2D eigenvalue weighted by molar-refractivity contribution is -0.115. The third kappa shape index (κ3) is 5.41. The number of carbonyl (C=O) groups is 2. The quantitative estimate of drug-likeness (QED) is 0.425. The molecule has 0 aliphatic rings. The molecule has 27 heavy (non-hydrogen) atoms. The summed E-state index contributed by atoms with van der Waals surface area (Å²) in [6.07, 6.45) is 0.174. The number of aromatic nitrogens is 1. The average Bonchev–Trinajstić information content (AvgIpc) is 3.32. The second-order valence-corrected chi connectivity index (χ2v) is 8.75. The van der Waals surface area contributed by atoms with E-state index in [0.29, 0.717) is 22.9 Å². The number of Topliss-reactive ketones (excluding diaryl/α,β-unsaturated/α-hetero) is 1. The number of ether oxygens (including phenoxy) is 1. The van der Waals surface area contributed by atoms with Crippen LogP contribution in [0, 0.1) is 6.92 Å². The summed E-state index contributed by atoms with van der Waals surface area (Å²) < 4.78 is 6.07. The SMILES string of the molecule is COc1ccc(C)cc1NC(=O)Cc1csc(SCC(=O)c2cccs2)n1. The summed E-state index contributed by atoms with van der Waals surface area (Å²) in [4.78, 5) is 29.6. The first-order chi connectivity index (χ1) is 13.0. The van der Waals surface area contributed by atoms with Crippen molar-refractivity contribution in [3.63, 3.8) is 0 Å². The van der Waals surface area contributed by atoms with Gasteiger partial charge in [0.25, 0.3) is 0 Å². The van der Waals surface area contributed by atoms with E-state index in [2.05, 4.69) is 10.3 Å². The van der Waals surface area contributed by atoms with E-state index in [1.807, 2.05) is 48.0 Å². The third-order valence-electron chi connectivity index (χ3n) is 3.62. The van der Waals surface area contributed by atoms with Crippen LogP contribution in [0.4, 0.5) is 5.69 Å². The Morgan fingerprint density at radius 1 is 1.26 bits per heavy atom. The molecule has 3 rings (SSSR count). The highest BCUT2D eigenvalue weighted by atomic mass is 32.2. The van der Waals surface area contributed by atoms with Crippen molar-refractivity contribution in [2.24, 2.45) is 0 Å². The van der Waals surface area contributed by atoms with Gasteiger partial charge in [-0.25, -0.2) is 4.98 Å². The third-order valence-corrected chi connectivity index (χ3v) is 6.60. The summed E-state index contributed by atoms with van der Waals surface area (Å²) in [5.74, 6) is 0.905. The lowest BCUT2D eigenvalue weighted by Crippen LogP contribution is -2.15. The van der Waals surface area contributed by atoms with Crippen LogP contribution < -0.4 is 10.1 Å². The Hall–Kier alpha value is -2.16. The van der Waals surface area contributed by atoms with Crippen LogP contribution in [0.3, 0.4) is 0 Å². The number of nitrogens with one attached hydrogen (secondary N) is 1. The molecular weight excluding hydrogens is 400 g/mol. The minimum absolute atomic E-state index is 0.0936. The molecule has 0 spiro atoms. The maximum Gasteiger partial charge on any atom is 0.230 e. The van der Waals surface area contributed by atoms with Crippen molar-refractivity contribution in [2.75, 3.05) is 18.2 Å². The van der Waals surface area contributed by atoms with Crippen LogP contribution in [0.25, 0.3) is 0 Å². The first kappa shape index (κ1) is 19.6. The van der Waals surface area contributed by atoms with Crippen LogP contribution in [0.1, 0.15) is 20.9 Å². The number of ketones is 1. The monoisotopic (exact) mass is 418 g/mol. The van der Waals surface area contributed by atoms with Gasteiger partial charge in [0.15, 0.2) is 10.1 Å². The number of anilines is 1. The van der Waals surface area contributed by atoms with Gasteiger partial charge in [-0.2, -0.15) is 0 Å². The minimum atomic E-state index is -0.157. The highest BCUT2D eigenvalue weighted by molar-refractivity contribution is 8.01. The van der Waals surface area contributed by atoms with Gasteiger partial charge < -0.3 is 10.1 Å². The van der Waals surface area contributed by atoms with Gasteiger partial charge in [0.1, 0.15) is 5.75 Å². The van der Waals surface area contributed by atoms with E-state index in [0.717, 1.165) is 14.8 Å². The van der Waals surface area contributed by atoms with Gasteiger partial charge in [0, 0.05) is 5.38 Å². The summed E-state index contributed by atoms with van der Waals surface area (Å²) in [5.41, 5.74) is 2.37. The topological polar surface area (TPSA) is 68.3 Å². The summed E-state index contributed by atoms with van der Waals surface area (Å²) >= 11 is 4.29. The van der Waals surface area contributed by atoms with Crippen molar-refractivity contribution in [2.45, 2.75) is 17.7 Å². The summed E-state index contributed by atoms with van der Waals surface area (Å²) in [7, 11) is 1.57. The number of methoxy groups -OCH3 is 1. The number of benzene rings is 1. The molecule has 0 saturated heterocycles. The number of hydrogen-bond donors (Lipinski definition) is 1. The smallest absolute Gasteiger partial charge is 0.230 e. The molecule has 140 valence electrons. The minimum Gasteiger partial charge on any atom is -0.495 e. The van der Waals surface area contributed by atoms with Crippen LogP contribution >= 0.6 is 34.4 Å². The molecule has 0 unspecified atom stereocenters. The van der Waals surface area contributed by atoms with E-state index in [-0.39, 0.29) is 18.1 Å². The molecule has 1 N–H and O–H groups in total. The molecule has 0 atom stereocenters. The Kier molecular flexibility index (Phi) is 6.65. The number of aryl methyl sites for hydroxylation is 1. The molecule has 8 heteroatoms. The number of thiazole rings is 1. The number of nitrogens with zero attached hydrogens (tertiary/aromatic N) is 1. The number of thiophene rings is 1. The van der Waals surface area contributed by atoms with Crippen molar-refractivity contribution in [3.05, 3.63) is 57.2 Å². The Bertz CT molecular complexity index is 936. The van der Waals surface area contributed by atoms with Gasteiger partial charge in [-0.3, -0.25) is 9.59 Å². The van der Waals surface area contributed by atoms with Crippen LogP contribution in [-0.4, -0.2) is 29.5 Å². The fourth-order valence-corrected chi connectivity index (χ4v) is 4.83. The Balaban J connectivity index is 1.55. The molecule has 0 bridgehead atoms.